The number of rotatable bonds is 1. The molecule has 66 valence electrons. The molecule has 2 rings (SSSR count). The Balaban J connectivity index is 2.16. The van der Waals surface area contributed by atoms with Crippen LogP contribution < -0.4 is 0 Å². The van der Waals surface area contributed by atoms with Gasteiger partial charge in [0.05, 0.1) is 0 Å². The molecule has 1 aliphatic heterocycles. The first-order valence-electron chi connectivity index (χ1n) is 4.61. The molecule has 0 bridgehead atoms. The van der Waals surface area contributed by atoms with Crippen LogP contribution in [0.3, 0.4) is 0 Å². The van der Waals surface area contributed by atoms with Gasteiger partial charge < -0.3 is 4.90 Å². The van der Waals surface area contributed by atoms with Crippen LogP contribution in [0.15, 0.2) is 11.6 Å². The van der Waals surface area contributed by atoms with Crippen LogP contribution in [0.1, 0.15) is 26.7 Å². The fraction of sp³-hybridized carbons (Fsp3) is 0.700. The van der Waals surface area contributed by atoms with Crippen LogP contribution in [0.25, 0.3) is 0 Å². The summed E-state index contributed by atoms with van der Waals surface area (Å²) >= 11 is 0. The largest absolute Gasteiger partial charge is 0.335 e. The molecule has 0 saturated carbocycles. The van der Waals surface area contributed by atoms with Crippen molar-refractivity contribution in [2.45, 2.75) is 26.7 Å². The quantitative estimate of drug-likeness (QED) is 0.540. The van der Waals surface area contributed by atoms with Crippen LogP contribution in [0.5, 0.6) is 0 Å². The zero-order valence-electron chi connectivity index (χ0n) is 7.76. The topological polar surface area (TPSA) is 20.1 Å². The monoisotopic (exact) mass is 165 g/mol. The average Bonchev–Trinajstić information content (AvgIpc) is 2.75. The molecule has 0 unspecified atom stereocenters. The number of nitrogens with zero attached hydrogens (tertiary/aromatic N) is 1. The van der Waals surface area contributed by atoms with Crippen molar-refractivity contribution in [2.75, 3.05) is 13.1 Å². The number of carbonyl (C=O) groups excluding carboxylic acids is 1. The summed E-state index contributed by atoms with van der Waals surface area (Å²) in [6.45, 7) is 6.25. The lowest BCUT2D eigenvalue weighted by molar-refractivity contribution is -0.122. The second-order valence-corrected chi connectivity index (χ2v) is 4.33. The lowest BCUT2D eigenvalue weighted by Crippen LogP contribution is -2.22. The summed E-state index contributed by atoms with van der Waals surface area (Å²) in [5.74, 6) is 0.275. The Kier molecular flexibility index (Phi) is 1.53. The van der Waals surface area contributed by atoms with Gasteiger partial charge in [0.1, 0.15) is 0 Å². The van der Waals surface area contributed by atoms with Crippen LogP contribution in [-0.2, 0) is 4.79 Å². The number of amides is 1. The highest BCUT2D eigenvalue weighted by Crippen LogP contribution is 2.39. The van der Waals surface area contributed by atoms with Crippen molar-refractivity contribution in [3.8, 4) is 0 Å². The molecule has 1 heterocycles. The molecule has 0 aromatic rings. The Labute approximate surface area is 73.2 Å². The van der Waals surface area contributed by atoms with Crippen molar-refractivity contribution in [3.63, 3.8) is 0 Å². The minimum absolute atomic E-state index is 0.125. The Morgan fingerprint density at radius 2 is 2.17 bits per heavy atom. The Morgan fingerprint density at radius 1 is 1.50 bits per heavy atom. The van der Waals surface area contributed by atoms with Gasteiger partial charge in [-0.15, -0.1) is 0 Å². The molecule has 2 aliphatic rings. The molecule has 0 radical (unpaired) electrons. The molecule has 12 heavy (non-hydrogen) atoms. The van der Waals surface area contributed by atoms with Crippen molar-refractivity contribution in [1.29, 1.82) is 0 Å². The fourth-order valence-corrected chi connectivity index (χ4v) is 1.79. The van der Waals surface area contributed by atoms with Crippen molar-refractivity contribution in [3.05, 3.63) is 11.6 Å². The van der Waals surface area contributed by atoms with E-state index in [1.54, 1.807) is 0 Å². The van der Waals surface area contributed by atoms with E-state index in [1.165, 1.54) is 0 Å². The van der Waals surface area contributed by atoms with Gasteiger partial charge in [-0.2, -0.15) is 0 Å². The lowest BCUT2D eigenvalue weighted by Gasteiger charge is -2.21. The molecule has 2 nitrogen and oxygen atoms in total. The van der Waals surface area contributed by atoms with Crippen molar-refractivity contribution >= 4 is 5.91 Å². The molecular formula is C10H15NO. The minimum atomic E-state index is 0.125. The predicted molar refractivity (Wildman–Crippen MR) is 47.7 cm³/mol. The molecule has 0 spiro atoms. The predicted octanol–water partition coefficient (Wildman–Crippen LogP) is 1.58. The standard InChI is InChI=1S/C10H15NO/c1-10(2)5-3-4-8(10)9(12)11-6-7-11/h4H,3,5-7H2,1-2H3. The van der Waals surface area contributed by atoms with E-state index in [0.717, 1.165) is 31.5 Å². The van der Waals surface area contributed by atoms with Gasteiger partial charge in [-0.25, -0.2) is 0 Å². The number of hydrogen-bond acceptors (Lipinski definition) is 1. The zero-order valence-corrected chi connectivity index (χ0v) is 7.76. The third-order valence-electron chi connectivity index (χ3n) is 2.81. The summed E-state index contributed by atoms with van der Waals surface area (Å²) < 4.78 is 0. The highest BCUT2D eigenvalue weighted by atomic mass is 16.2. The highest BCUT2D eigenvalue weighted by molar-refractivity contribution is 5.96. The van der Waals surface area contributed by atoms with Crippen molar-refractivity contribution in [1.82, 2.24) is 4.90 Å². The first-order chi connectivity index (χ1) is 5.61. The van der Waals surface area contributed by atoms with Crippen LogP contribution in [0.2, 0.25) is 0 Å². The highest BCUT2D eigenvalue weighted by Gasteiger charge is 2.37. The van der Waals surface area contributed by atoms with Gasteiger partial charge in [0, 0.05) is 18.7 Å². The van der Waals surface area contributed by atoms with Crippen LogP contribution in [-0.4, -0.2) is 23.9 Å². The van der Waals surface area contributed by atoms with Gasteiger partial charge in [0.2, 0.25) is 5.91 Å². The smallest absolute Gasteiger partial charge is 0.250 e. The van der Waals surface area contributed by atoms with E-state index in [4.69, 9.17) is 0 Å². The molecule has 2 heteroatoms. The number of carbonyl (C=O) groups is 1. The number of allylic oxidation sites excluding steroid dienone is 1. The molecule has 1 fully saturated rings. The van der Waals surface area contributed by atoms with E-state index in [-0.39, 0.29) is 11.3 Å². The molecular weight excluding hydrogens is 150 g/mol. The Bertz CT molecular complexity index is 249. The van der Waals surface area contributed by atoms with Gasteiger partial charge in [0.25, 0.3) is 0 Å². The van der Waals surface area contributed by atoms with Gasteiger partial charge in [-0.05, 0) is 18.3 Å². The summed E-state index contributed by atoms with van der Waals surface area (Å²) in [7, 11) is 0. The summed E-state index contributed by atoms with van der Waals surface area (Å²) in [5.41, 5.74) is 1.17. The summed E-state index contributed by atoms with van der Waals surface area (Å²) in [5, 5.41) is 0. The van der Waals surface area contributed by atoms with Crippen molar-refractivity contribution < 1.29 is 4.79 Å². The average molecular weight is 165 g/mol. The fourth-order valence-electron chi connectivity index (χ4n) is 1.79. The van der Waals surface area contributed by atoms with E-state index < -0.39 is 0 Å². The van der Waals surface area contributed by atoms with Gasteiger partial charge in [0.15, 0.2) is 0 Å². The van der Waals surface area contributed by atoms with E-state index in [9.17, 15) is 4.79 Å². The van der Waals surface area contributed by atoms with Gasteiger partial charge in [-0.3, -0.25) is 4.79 Å². The minimum Gasteiger partial charge on any atom is -0.335 e. The van der Waals surface area contributed by atoms with Crippen LogP contribution in [0.4, 0.5) is 0 Å². The molecule has 1 saturated heterocycles. The SMILES string of the molecule is CC1(C)CCC=C1C(=O)N1CC1. The summed E-state index contributed by atoms with van der Waals surface area (Å²) in [4.78, 5) is 13.6. The maximum atomic E-state index is 11.7. The Hall–Kier alpha value is -0.790. The first kappa shape index (κ1) is 7.84. The maximum absolute atomic E-state index is 11.7. The van der Waals surface area contributed by atoms with E-state index in [2.05, 4.69) is 19.9 Å². The van der Waals surface area contributed by atoms with E-state index in [0.29, 0.717) is 0 Å². The van der Waals surface area contributed by atoms with Crippen molar-refractivity contribution in [2.24, 2.45) is 5.41 Å². The molecule has 0 atom stereocenters. The summed E-state index contributed by atoms with van der Waals surface area (Å²) in [6, 6.07) is 0. The lowest BCUT2D eigenvalue weighted by atomic mass is 9.85. The maximum Gasteiger partial charge on any atom is 0.250 e. The Morgan fingerprint density at radius 3 is 2.58 bits per heavy atom. The summed E-state index contributed by atoms with van der Waals surface area (Å²) in [6.07, 6.45) is 4.31. The second-order valence-electron chi connectivity index (χ2n) is 4.33. The van der Waals surface area contributed by atoms with E-state index >= 15 is 0 Å². The third kappa shape index (κ3) is 1.15. The molecule has 0 aromatic carbocycles. The second kappa shape index (κ2) is 2.35. The molecule has 0 N–H and O–H groups in total. The van der Waals surface area contributed by atoms with Gasteiger partial charge in [-0.1, -0.05) is 19.9 Å². The molecule has 0 aromatic heterocycles. The number of hydrogen-bond donors (Lipinski definition) is 0. The van der Waals surface area contributed by atoms with Crippen LogP contribution >= 0.6 is 0 Å². The molecule has 1 amide bonds. The van der Waals surface area contributed by atoms with Crippen LogP contribution in [0, 0.1) is 5.41 Å². The van der Waals surface area contributed by atoms with Gasteiger partial charge >= 0.3 is 0 Å². The normalized spacial score (nSPS) is 25.5. The first-order valence-corrected chi connectivity index (χ1v) is 4.61. The third-order valence-corrected chi connectivity index (χ3v) is 2.81. The molecule has 1 aliphatic carbocycles. The zero-order chi connectivity index (χ0) is 8.77. The van der Waals surface area contributed by atoms with E-state index in [1.807, 2.05) is 4.90 Å².